The minimum Gasteiger partial charge on any atom is -0.326 e. The summed E-state index contributed by atoms with van der Waals surface area (Å²) in [5.41, 5.74) is 0.407. The van der Waals surface area contributed by atoms with Crippen molar-refractivity contribution >= 4 is 40.3 Å². The minimum atomic E-state index is -0.544. The van der Waals surface area contributed by atoms with Crippen molar-refractivity contribution in [1.29, 1.82) is 0 Å². The van der Waals surface area contributed by atoms with Crippen LogP contribution in [0.3, 0.4) is 0 Å². The number of carbonyl (C=O) groups excluding carboxylic acids is 2. The maximum absolute atomic E-state index is 13.0. The summed E-state index contributed by atoms with van der Waals surface area (Å²) in [6, 6.07) is 7.44. The third-order valence-electron chi connectivity index (χ3n) is 2.58. The number of anilines is 1. The highest BCUT2D eigenvalue weighted by atomic mass is 35.5. The highest BCUT2D eigenvalue weighted by Gasteiger charge is 2.10. The number of benzene rings is 1. The summed E-state index contributed by atoms with van der Waals surface area (Å²) in [7, 11) is 0. The number of amides is 1. The zero-order valence-electron chi connectivity index (χ0n) is 10.4. The van der Waals surface area contributed by atoms with Crippen molar-refractivity contribution in [3.05, 3.63) is 51.4 Å². The van der Waals surface area contributed by atoms with Crippen molar-refractivity contribution in [3.8, 4) is 0 Å². The second-order valence-corrected chi connectivity index (χ2v) is 5.43. The molecule has 1 aromatic carbocycles. The monoisotopic (exact) mass is 311 g/mol. The summed E-state index contributed by atoms with van der Waals surface area (Å²) in [4.78, 5) is 24.0. The molecule has 2 rings (SSSR count). The molecule has 0 aliphatic carbocycles. The molecule has 0 saturated carbocycles. The Hall–Kier alpha value is -1.72. The van der Waals surface area contributed by atoms with Gasteiger partial charge in [0.15, 0.2) is 5.78 Å². The third kappa shape index (κ3) is 3.88. The summed E-state index contributed by atoms with van der Waals surface area (Å²) in [6.45, 7) is 0. The zero-order chi connectivity index (χ0) is 14.5. The molecule has 1 amide bonds. The zero-order valence-corrected chi connectivity index (χ0v) is 11.9. The van der Waals surface area contributed by atoms with Crippen LogP contribution in [-0.2, 0) is 4.79 Å². The Bertz CT molecular complexity index is 628. The molecule has 0 aliphatic rings. The molecule has 2 aromatic rings. The average Bonchev–Trinajstić information content (AvgIpc) is 2.94. The van der Waals surface area contributed by atoms with Gasteiger partial charge in [0, 0.05) is 18.5 Å². The quantitative estimate of drug-likeness (QED) is 0.843. The van der Waals surface area contributed by atoms with Gasteiger partial charge in [0.05, 0.1) is 9.90 Å². The fraction of sp³-hybridized carbons (Fsp3) is 0.143. The maximum Gasteiger partial charge on any atom is 0.224 e. The van der Waals surface area contributed by atoms with Gasteiger partial charge in [-0.3, -0.25) is 9.59 Å². The van der Waals surface area contributed by atoms with Gasteiger partial charge in [-0.2, -0.15) is 0 Å². The first-order chi connectivity index (χ1) is 9.56. The van der Waals surface area contributed by atoms with Crippen LogP contribution in [0.2, 0.25) is 5.02 Å². The second kappa shape index (κ2) is 6.63. The maximum atomic E-state index is 13.0. The highest BCUT2D eigenvalue weighted by Crippen LogP contribution is 2.19. The van der Waals surface area contributed by atoms with Gasteiger partial charge in [-0.25, -0.2) is 4.39 Å². The van der Waals surface area contributed by atoms with E-state index in [0.29, 0.717) is 10.6 Å². The van der Waals surface area contributed by atoms with Gasteiger partial charge < -0.3 is 5.32 Å². The van der Waals surface area contributed by atoms with Crippen LogP contribution in [-0.4, -0.2) is 11.7 Å². The predicted molar refractivity (Wildman–Crippen MR) is 77.9 cm³/mol. The molecule has 0 spiro atoms. The fourth-order valence-electron chi connectivity index (χ4n) is 1.58. The van der Waals surface area contributed by atoms with Gasteiger partial charge in [-0.05, 0) is 29.6 Å². The van der Waals surface area contributed by atoms with Gasteiger partial charge in [0.25, 0.3) is 0 Å². The number of Topliss-reactive ketones (excluding diaryl/α,β-unsaturated/α-hetero) is 1. The van der Waals surface area contributed by atoms with Crippen molar-refractivity contribution in [1.82, 2.24) is 0 Å². The first kappa shape index (κ1) is 14.7. The first-order valence-electron chi connectivity index (χ1n) is 5.88. The summed E-state index contributed by atoms with van der Waals surface area (Å²) in [6.07, 6.45) is 0.215. The van der Waals surface area contributed by atoms with E-state index in [4.69, 9.17) is 11.6 Å². The Labute approximate surface area is 124 Å². The summed E-state index contributed by atoms with van der Waals surface area (Å²) in [5, 5.41) is 4.33. The average molecular weight is 312 g/mol. The van der Waals surface area contributed by atoms with Crippen LogP contribution >= 0.6 is 22.9 Å². The second-order valence-electron chi connectivity index (χ2n) is 4.08. The topological polar surface area (TPSA) is 46.2 Å². The van der Waals surface area contributed by atoms with Gasteiger partial charge in [0.1, 0.15) is 5.82 Å². The van der Waals surface area contributed by atoms with E-state index in [1.165, 1.54) is 29.5 Å². The molecule has 1 aromatic heterocycles. The molecule has 0 saturated heterocycles. The molecular weight excluding hydrogens is 301 g/mol. The van der Waals surface area contributed by atoms with E-state index in [1.54, 1.807) is 12.1 Å². The van der Waals surface area contributed by atoms with Crippen molar-refractivity contribution in [2.45, 2.75) is 12.8 Å². The molecule has 1 N–H and O–H groups in total. The Morgan fingerprint density at radius 1 is 1.25 bits per heavy atom. The third-order valence-corrected chi connectivity index (χ3v) is 3.78. The Morgan fingerprint density at radius 2 is 2.05 bits per heavy atom. The molecular formula is C14H11ClFNO2S. The van der Waals surface area contributed by atoms with Crippen LogP contribution in [0, 0.1) is 5.82 Å². The van der Waals surface area contributed by atoms with E-state index in [0.717, 1.165) is 0 Å². The van der Waals surface area contributed by atoms with Crippen LogP contribution in [0.25, 0.3) is 0 Å². The fourth-order valence-corrected chi connectivity index (χ4v) is 2.46. The summed E-state index contributed by atoms with van der Waals surface area (Å²) in [5.74, 6) is -0.914. The van der Waals surface area contributed by atoms with Gasteiger partial charge in [-0.1, -0.05) is 17.7 Å². The predicted octanol–water partition coefficient (Wildman–Crippen LogP) is 4.14. The summed E-state index contributed by atoms with van der Waals surface area (Å²) >= 11 is 6.96. The van der Waals surface area contributed by atoms with Crippen LogP contribution in [0.1, 0.15) is 22.5 Å². The number of hydrogen-bond acceptors (Lipinski definition) is 3. The standard InChI is InChI=1S/C14H11ClFNO2S/c15-10-8-9(3-4-11(10)16)17-14(19)6-5-12(18)13-2-1-7-20-13/h1-4,7-8H,5-6H2,(H,17,19). The lowest BCUT2D eigenvalue weighted by Crippen LogP contribution is -2.13. The van der Waals surface area contributed by atoms with Crippen molar-refractivity contribution < 1.29 is 14.0 Å². The van der Waals surface area contributed by atoms with E-state index < -0.39 is 5.82 Å². The van der Waals surface area contributed by atoms with Crippen LogP contribution < -0.4 is 5.32 Å². The Balaban J connectivity index is 1.86. The molecule has 20 heavy (non-hydrogen) atoms. The Kier molecular flexibility index (Phi) is 4.87. The normalized spacial score (nSPS) is 10.3. The van der Waals surface area contributed by atoms with Gasteiger partial charge in [0.2, 0.25) is 5.91 Å². The van der Waals surface area contributed by atoms with Crippen LogP contribution in [0.4, 0.5) is 10.1 Å². The number of nitrogens with one attached hydrogen (secondary N) is 1. The largest absolute Gasteiger partial charge is 0.326 e. The molecule has 0 aliphatic heterocycles. The lowest BCUT2D eigenvalue weighted by Gasteiger charge is -2.05. The summed E-state index contributed by atoms with van der Waals surface area (Å²) < 4.78 is 13.0. The molecule has 0 fully saturated rings. The molecule has 104 valence electrons. The molecule has 1 heterocycles. The van der Waals surface area contributed by atoms with E-state index in [1.807, 2.05) is 5.38 Å². The van der Waals surface area contributed by atoms with Crippen LogP contribution in [0.5, 0.6) is 0 Å². The number of carbonyl (C=O) groups is 2. The SMILES string of the molecule is O=C(CCC(=O)c1cccs1)Nc1ccc(F)c(Cl)c1. The number of rotatable bonds is 5. The molecule has 0 unspecified atom stereocenters. The molecule has 0 atom stereocenters. The lowest BCUT2D eigenvalue weighted by molar-refractivity contribution is -0.116. The molecule has 3 nitrogen and oxygen atoms in total. The molecule has 0 bridgehead atoms. The van der Waals surface area contributed by atoms with E-state index >= 15 is 0 Å². The number of ketones is 1. The first-order valence-corrected chi connectivity index (χ1v) is 7.13. The number of thiophene rings is 1. The van der Waals surface area contributed by atoms with E-state index in [2.05, 4.69) is 5.32 Å². The number of hydrogen-bond donors (Lipinski definition) is 1. The molecule has 0 radical (unpaired) electrons. The van der Waals surface area contributed by atoms with E-state index in [-0.39, 0.29) is 29.6 Å². The smallest absolute Gasteiger partial charge is 0.224 e. The van der Waals surface area contributed by atoms with Crippen molar-refractivity contribution in [3.63, 3.8) is 0 Å². The lowest BCUT2D eigenvalue weighted by atomic mass is 10.2. The Morgan fingerprint density at radius 3 is 2.70 bits per heavy atom. The van der Waals surface area contributed by atoms with Gasteiger partial charge in [-0.15, -0.1) is 11.3 Å². The van der Waals surface area contributed by atoms with Crippen LogP contribution in [0.15, 0.2) is 35.7 Å². The molecule has 6 heteroatoms. The van der Waals surface area contributed by atoms with Crippen molar-refractivity contribution in [2.75, 3.05) is 5.32 Å². The van der Waals surface area contributed by atoms with Crippen molar-refractivity contribution in [2.24, 2.45) is 0 Å². The number of halogens is 2. The highest BCUT2D eigenvalue weighted by molar-refractivity contribution is 7.12. The minimum absolute atomic E-state index is 0.0579. The van der Waals surface area contributed by atoms with E-state index in [9.17, 15) is 14.0 Å². The van der Waals surface area contributed by atoms with Gasteiger partial charge >= 0.3 is 0 Å².